The molecule has 1 aliphatic heterocycles. The van der Waals surface area contributed by atoms with Crippen molar-refractivity contribution in [2.45, 2.75) is 32.7 Å². The van der Waals surface area contributed by atoms with Crippen molar-refractivity contribution in [3.63, 3.8) is 0 Å². The number of hydrogen-bond acceptors (Lipinski definition) is 5. The van der Waals surface area contributed by atoms with Crippen LogP contribution in [0.4, 0.5) is 0 Å². The second-order valence-corrected chi connectivity index (χ2v) is 9.04. The monoisotopic (exact) mass is 378 g/mol. The van der Waals surface area contributed by atoms with Crippen LogP contribution >= 0.6 is 11.8 Å². The maximum absolute atomic E-state index is 12.6. The minimum absolute atomic E-state index is 0.00245. The van der Waals surface area contributed by atoms with Crippen molar-refractivity contribution in [2.24, 2.45) is 0 Å². The lowest BCUT2D eigenvalue weighted by Gasteiger charge is -2.27. The highest BCUT2D eigenvalue weighted by Gasteiger charge is 2.25. The topological polar surface area (TPSA) is 53.0 Å². The molecule has 1 N–H and O–H groups in total. The predicted molar refractivity (Wildman–Crippen MR) is 108 cm³/mol. The fraction of sp³-hybridized carbons (Fsp3) is 0.550. The van der Waals surface area contributed by atoms with Crippen LogP contribution in [0.25, 0.3) is 6.08 Å². The number of carbonyl (C=O) groups excluding carboxylic acids is 1. The molecule has 1 aromatic carbocycles. The number of phenolic OH excluding ortho intramolecular Hbond substituents is 1. The third-order valence-corrected chi connectivity index (χ3v) is 5.20. The Morgan fingerprint density at radius 1 is 1.35 bits per heavy atom. The molecule has 0 atom stereocenters. The molecular weight excluding hydrogens is 348 g/mol. The second kappa shape index (κ2) is 8.46. The van der Waals surface area contributed by atoms with Crippen LogP contribution in [0.5, 0.6) is 5.75 Å². The maximum Gasteiger partial charge on any atom is 0.262 e. The molecule has 1 aliphatic rings. The molecule has 1 aromatic rings. The minimum atomic E-state index is -0.189. The quantitative estimate of drug-likeness (QED) is 0.797. The van der Waals surface area contributed by atoms with Crippen molar-refractivity contribution in [1.82, 2.24) is 9.80 Å². The van der Waals surface area contributed by atoms with Gasteiger partial charge in [-0.25, -0.2) is 0 Å². The van der Waals surface area contributed by atoms with Crippen molar-refractivity contribution < 1.29 is 14.6 Å². The predicted octanol–water partition coefficient (Wildman–Crippen LogP) is 3.27. The second-order valence-electron chi connectivity index (χ2n) is 7.91. The summed E-state index contributed by atoms with van der Waals surface area (Å²) < 4.78 is 5.12. The number of benzene rings is 1. The standard InChI is InChI=1S/C20H30N2O3S/c1-20(2,3)16-10-14(9-15(18(16)23)12-21(4)5)11-17-19(24)22(13-25-6)7-8-26-17/h9-11,23H,7-8,12-13H2,1-6H3. The molecular formula is C20H30N2O3S. The van der Waals surface area contributed by atoms with E-state index in [4.69, 9.17) is 4.74 Å². The van der Waals surface area contributed by atoms with Crippen LogP contribution < -0.4 is 0 Å². The fourth-order valence-corrected chi connectivity index (χ4v) is 3.96. The smallest absolute Gasteiger partial charge is 0.262 e. The molecule has 0 radical (unpaired) electrons. The molecule has 26 heavy (non-hydrogen) atoms. The zero-order valence-corrected chi connectivity index (χ0v) is 17.4. The Balaban J connectivity index is 2.46. The number of hydrogen-bond donors (Lipinski definition) is 1. The van der Waals surface area contributed by atoms with Gasteiger partial charge in [0.1, 0.15) is 12.5 Å². The Morgan fingerprint density at radius 3 is 2.62 bits per heavy atom. The SMILES string of the molecule is COCN1CCSC(=Cc2cc(CN(C)C)c(O)c(C(C)(C)C)c2)C1=O. The summed E-state index contributed by atoms with van der Waals surface area (Å²) in [5, 5.41) is 10.7. The normalized spacial score (nSPS) is 17.4. The molecule has 0 saturated carbocycles. The molecule has 5 nitrogen and oxygen atoms in total. The van der Waals surface area contributed by atoms with Crippen LogP contribution in [0.15, 0.2) is 17.0 Å². The summed E-state index contributed by atoms with van der Waals surface area (Å²) in [6.45, 7) is 7.90. The van der Waals surface area contributed by atoms with Crippen LogP contribution in [0, 0.1) is 0 Å². The highest BCUT2D eigenvalue weighted by molar-refractivity contribution is 8.04. The van der Waals surface area contributed by atoms with E-state index in [9.17, 15) is 9.90 Å². The number of rotatable bonds is 5. The van der Waals surface area contributed by atoms with Crippen molar-refractivity contribution in [2.75, 3.05) is 40.2 Å². The Labute approximate surface area is 161 Å². The number of methoxy groups -OCH3 is 1. The highest BCUT2D eigenvalue weighted by atomic mass is 32.2. The Hall–Kier alpha value is -1.50. The van der Waals surface area contributed by atoms with Gasteiger partial charge in [0, 0.05) is 37.1 Å². The van der Waals surface area contributed by atoms with E-state index in [1.807, 2.05) is 37.2 Å². The van der Waals surface area contributed by atoms with Crippen LogP contribution in [0.3, 0.4) is 0 Å². The average Bonchev–Trinajstić information content (AvgIpc) is 2.52. The van der Waals surface area contributed by atoms with Gasteiger partial charge in [-0.05, 0) is 43.3 Å². The number of thioether (sulfide) groups is 1. The van der Waals surface area contributed by atoms with Gasteiger partial charge in [-0.3, -0.25) is 4.79 Å². The van der Waals surface area contributed by atoms with Gasteiger partial charge >= 0.3 is 0 Å². The van der Waals surface area contributed by atoms with E-state index in [0.717, 1.165) is 27.3 Å². The minimum Gasteiger partial charge on any atom is -0.507 e. The first-order chi connectivity index (χ1) is 12.1. The number of ether oxygens (including phenoxy) is 1. The summed E-state index contributed by atoms with van der Waals surface area (Å²) in [5.41, 5.74) is 2.52. The molecule has 1 amide bonds. The van der Waals surface area contributed by atoms with E-state index >= 15 is 0 Å². The van der Waals surface area contributed by atoms with Gasteiger partial charge in [-0.2, -0.15) is 0 Å². The molecule has 6 heteroatoms. The molecule has 0 bridgehead atoms. The van der Waals surface area contributed by atoms with Crippen LogP contribution in [0.1, 0.15) is 37.5 Å². The molecule has 1 fully saturated rings. The highest BCUT2D eigenvalue weighted by Crippen LogP contribution is 2.36. The van der Waals surface area contributed by atoms with Gasteiger partial charge in [0.25, 0.3) is 5.91 Å². The van der Waals surface area contributed by atoms with Crippen molar-refractivity contribution in [3.05, 3.63) is 33.7 Å². The van der Waals surface area contributed by atoms with Gasteiger partial charge in [-0.1, -0.05) is 20.8 Å². The molecule has 1 heterocycles. The molecule has 144 valence electrons. The van der Waals surface area contributed by atoms with E-state index in [-0.39, 0.29) is 11.3 Å². The van der Waals surface area contributed by atoms with Gasteiger partial charge < -0.3 is 19.6 Å². The van der Waals surface area contributed by atoms with Crippen molar-refractivity contribution in [1.29, 1.82) is 0 Å². The van der Waals surface area contributed by atoms with Crippen LogP contribution in [0.2, 0.25) is 0 Å². The van der Waals surface area contributed by atoms with E-state index in [1.54, 1.807) is 23.8 Å². The third kappa shape index (κ3) is 5.02. The number of amides is 1. The molecule has 2 rings (SSSR count). The lowest BCUT2D eigenvalue weighted by atomic mass is 9.84. The maximum atomic E-state index is 12.6. The van der Waals surface area contributed by atoms with Gasteiger partial charge in [0.2, 0.25) is 0 Å². The lowest BCUT2D eigenvalue weighted by Crippen LogP contribution is -2.38. The van der Waals surface area contributed by atoms with E-state index < -0.39 is 0 Å². The zero-order chi connectivity index (χ0) is 19.5. The summed E-state index contributed by atoms with van der Waals surface area (Å²) in [4.78, 5) is 17.1. The van der Waals surface area contributed by atoms with Gasteiger partial charge in [-0.15, -0.1) is 11.8 Å². The van der Waals surface area contributed by atoms with E-state index in [2.05, 4.69) is 20.8 Å². The number of phenols is 1. The number of carbonyl (C=O) groups is 1. The zero-order valence-electron chi connectivity index (χ0n) is 16.6. The third-order valence-electron chi connectivity index (χ3n) is 4.21. The summed E-state index contributed by atoms with van der Waals surface area (Å²) >= 11 is 1.57. The molecule has 0 aromatic heterocycles. The first-order valence-corrected chi connectivity index (χ1v) is 9.76. The summed E-state index contributed by atoms with van der Waals surface area (Å²) in [5.74, 6) is 1.20. The molecule has 0 spiro atoms. The number of nitrogens with zero attached hydrogens (tertiary/aromatic N) is 2. The van der Waals surface area contributed by atoms with E-state index in [0.29, 0.717) is 25.6 Å². The number of aromatic hydroxyl groups is 1. The Bertz CT molecular complexity index is 691. The largest absolute Gasteiger partial charge is 0.507 e. The van der Waals surface area contributed by atoms with Crippen molar-refractivity contribution in [3.8, 4) is 5.75 Å². The van der Waals surface area contributed by atoms with Crippen LogP contribution in [-0.4, -0.2) is 61.0 Å². The first kappa shape index (κ1) is 20.8. The van der Waals surface area contributed by atoms with Gasteiger partial charge in [0.15, 0.2) is 0 Å². The average molecular weight is 379 g/mol. The van der Waals surface area contributed by atoms with E-state index in [1.165, 1.54) is 0 Å². The summed E-state index contributed by atoms with van der Waals surface area (Å²) in [6.07, 6.45) is 1.93. The van der Waals surface area contributed by atoms with Crippen LogP contribution in [-0.2, 0) is 21.5 Å². The summed E-state index contributed by atoms with van der Waals surface area (Å²) in [6, 6.07) is 3.96. The van der Waals surface area contributed by atoms with Gasteiger partial charge in [0.05, 0.1) is 4.91 Å². The Morgan fingerprint density at radius 2 is 2.04 bits per heavy atom. The first-order valence-electron chi connectivity index (χ1n) is 8.77. The lowest BCUT2D eigenvalue weighted by molar-refractivity contribution is -0.130. The molecule has 0 aliphatic carbocycles. The molecule has 1 saturated heterocycles. The fourth-order valence-electron chi connectivity index (χ4n) is 2.95. The molecule has 0 unspecified atom stereocenters. The van der Waals surface area contributed by atoms with Crippen molar-refractivity contribution >= 4 is 23.7 Å². The summed E-state index contributed by atoms with van der Waals surface area (Å²) in [7, 11) is 5.55. The Kier molecular flexibility index (Phi) is 6.77.